The second-order valence-electron chi connectivity index (χ2n) is 5.99. The van der Waals surface area contributed by atoms with E-state index in [1.54, 1.807) is 0 Å². The fourth-order valence-corrected chi connectivity index (χ4v) is 4.70. The number of fused-ring (bicyclic) bond motifs is 2. The number of rotatable bonds is 3. The van der Waals surface area contributed by atoms with Gasteiger partial charge >= 0.3 is 6.18 Å². The molecule has 3 rings (SSSR count). The van der Waals surface area contributed by atoms with Crippen molar-refractivity contribution < 1.29 is 21.6 Å². The third-order valence-electron chi connectivity index (χ3n) is 4.48. The molecule has 0 fully saturated rings. The summed E-state index contributed by atoms with van der Waals surface area (Å²) < 4.78 is 67.8. The summed E-state index contributed by atoms with van der Waals surface area (Å²) >= 11 is 5.91. The third kappa shape index (κ3) is 2.79. The van der Waals surface area contributed by atoms with Gasteiger partial charge in [0, 0.05) is 28.2 Å². The van der Waals surface area contributed by atoms with Gasteiger partial charge in [-0.2, -0.15) is 13.2 Å². The van der Waals surface area contributed by atoms with Crippen LogP contribution in [0.4, 0.5) is 24.5 Å². The van der Waals surface area contributed by atoms with Gasteiger partial charge in [0.15, 0.2) is 9.84 Å². The van der Waals surface area contributed by atoms with Crippen molar-refractivity contribution in [1.82, 2.24) is 4.98 Å². The first-order valence-corrected chi connectivity index (χ1v) is 9.78. The van der Waals surface area contributed by atoms with Gasteiger partial charge in [-0.05, 0) is 29.8 Å². The Labute approximate surface area is 152 Å². The monoisotopic (exact) mass is 406 g/mol. The Hall–Kier alpha value is -2.00. The van der Waals surface area contributed by atoms with Gasteiger partial charge in [-0.15, -0.1) is 0 Å². The number of benzene rings is 1. The highest BCUT2D eigenvalue weighted by Crippen LogP contribution is 2.54. The van der Waals surface area contributed by atoms with Crippen LogP contribution in [0.5, 0.6) is 0 Å². The lowest BCUT2D eigenvalue weighted by Crippen LogP contribution is -2.51. The highest BCUT2D eigenvalue weighted by molar-refractivity contribution is 7.91. The van der Waals surface area contributed by atoms with Gasteiger partial charge in [-0.3, -0.25) is 4.79 Å². The van der Waals surface area contributed by atoms with Crippen LogP contribution in [0.25, 0.3) is 0 Å². The zero-order chi connectivity index (χ0) is 19.3. The second-order valence-corrected chi connectivity index (χ2v) is 8.78. The number of anilines is 2. The summed E-state index contributed by atoms with van der Waals surface area (Å²) in [5.74, 6) is -1.68. The van der Waals surface area contributed by atoms with Gasteiger partial charge in [-0.25, -0.2) is 8.42 Å². The van der Waals surface area contributed by atoms with Crippen LogP contribution in [0.2, 0.25) is 5.02 Å². The third-order valence-corrected chi connectivity index (χ3v) is 6.47. The number of nitrogens with one attached hydrogen (secondary N) is 2. The Kier molecular flexibility index (Phi) is 4.35. The van der Waals surface area contributed by atoms with E-state index in [9.17, 15) is 26.4 Å². The number of hydrogen-bond acceptors (Lipinski definition) is 4. The van der Waals surface area contributed by atoms with Gasteiger partial charge in [0.1, 0.15) is 11.1 Å². The van der Waals surface area contributed by atoms with Gasteiger partial charge in [0.25, 0.3) is 5.56 Å². The number of H-pyrrole nitrogens is 1. The van der Waals surface area contributed by atoms with Crippen molar-refractivity contribution in [2.75, 3.05) is 16.8 Å². The summed E-state index contributed by atoms with van der Waals surface area (Å²) in [4.78, 5) is 14.4. The summed E-state index contributed by atoms with van der Waals surface area (Å²) in [5.41, 5.74) is -4.79. The van der Waals surface area contributed by atoms with Crippen LogP contribution < -0.4 is 10.9 Å². The van der Waals surface area contributed by atoms with Crippen molar-refractivity contribution in [1.29, 1.82) is 0 Å². The number of aromatic amines is 1. The standard InChI is InChI=1S/C16H14ClF3N2O3S/c1-2-26(24,25)8-15(16(18,19)20)10-5-6-21-14(23)13(10)22-12-4-3-9(17)7-11(12)15/h3-7,22H,2,8H2,1H3,(H,21,23). The van der Waals surface area contributed by atoms with Crippen molar-refractivity contribution in [3.8, 4) is 0 Å². The molecule has 2 heterocycles. The molecule has 1 aromatic heterocycles. The molecule has 0 bridgehead atoms. The van der Waals surface area contributed by atoms with E-state index in [1.165, 1.54) is 19.1 Å². The second kappa shape index (κ2) is 6.02. The van der Waals surface area contributed by atoms with Crippen LogP contribution >= 0.6 is 11.6 Å². The maximum atomic E-state index is 14.4. The average molecular weight is 407 g/mol. The van der Waals surface area contributed by atoms with Crippen LogP contribution in [0, 0.1) is 0 Å². The van der Waals surface area contributed by atoms with E-state index in [0.717, 1.165) is 18.3 Å². The maximum absolute atomic E-state index is 14.4. The fourth-order valence-electron chi connectivity index (χ4n) is 3.19. The minimum atomic E-state index is -4.99. The normalized spacial score (nSPS) is 19.4. The lowest BCUT2D eigenvalue weighted by atomic mass is 9.72. The quantitative estimate of drug-likeness (QED) is 0.819. The summed E-state index contributed by atoms with van der Waals surface area (Å²) in [6.07, 6.45) is -3.92. The van der Waals surface area contributed by atoms with E-state index >= 15 is 0 Å². The molecule has 1 atom stereocenters. The largest absolute Gasteiger partial charge is 0.403 e. The minimum absolute atomic E-state index is 0.0118. The molecule has 1 aromatic carbocycles. The number of sulfone groups is 1. The van der Waals surface area contributed by atoms with Crippen molar-refractivity contribution in [2.24, 2.45) is 0 Å². The van der Waals surface area contributed by atoms with Crippen LogP contribution in [-0.2, 0) is 15.3 Å². The molecule has 10 heteroatoms. The zero-order valence-corrected chi connectivity index (χ0v) is 15.0. The molecule has 5 nitrogen and oxygen atoms in total. The number of alkyl halides is 3. The Morgan fingerprint density at radius 2 is 1.88 bits per heavy atom. The molecule has 140 valence electrons. The van der Waals surface area contributed by atoms with Gasteiger partial charge in [-0.1, -0.05) is 18.5 Å². The lowest BCUT2D eigenvalue weighted by molar-refractivity contribution is -0.171. The molecular weight excluding hydrogens is 393 g/mol. The highest BCUT2D eigenvalue weighted by atomic mass is 35.5. The molecule has 0 saturated carbocycles. The molecule has 1 unspecified atom stereocenters. The maximum Gasteiger partial charge on any atom is 0.403 e. The highest BCUT2D eigenvalue weighted by Gasteiger charge is 2.62. The van der Waals surface area contributed by atoms with Crippen molar-refractivity contribution >= 4 is 32.8 Å². The zero-order valence-electron chi connectivity index (χ0n) is 13.4. The summed E-state index contributed by atoms with van der Waals surface area (Å²) in [7, 11) is -4.07. The van der Waals surface area contributed by atoms with Gasteiger partial charge < -0.3 is 10.3 Å². The predicted octanol–water partition coefficient (Wildman–Crippen LogP) is 3.37. The van der Waals surface area contributed by atoms with E-state index in [-0.39, 0.29) is 22.0 Å². The number of aromatic nitrogens is 1. The Morgan fingerprint density at radius 1 is 1.19 bits per heavy atom. The van der Waals surface area contributed by atoms with E-state index < -0.39 is 44.1 Å². The fraction of sp³-hybridized carbons (Fsp3) is 0.312. The van der Waals surface area contributed by atoms with Crippen LogP contribution in [0.3, 0.4) is 0 Å². The molecule has 0 radical (unpaired) electrons. The SMILES string of the molecule is CCS(=O)(=O)CC1(C(F)(F)F)c2cc(Cl)ccc2Nc2c1cc[nH]c2=O. The van der Waals surface area contributed by atoms with Crippen LogP contribution in [0.1, 0.15) is 18.1 Å². The molecular formula is C16H14ClF3N2O3S. The first-order chi connectivity index (χ1) is 12.0. The number of halogens is 4. The Morgan fingerprint density at radius 3 is 2.50 bits per heavy atom. The Balaban J connectivity index is 2.48. The van der Waals surface area contributed by atoms with Crippen molar-refractivity contribution in [3.63, 3.8) is 0 Å². The summed E-state index contributed by atoms with van der Waals surface area (Å²) in [5, 5.41) is 2.70. The lowest BCUT2D eigenvalue weighted by Gasteiger charge is -2.41. The van der Waals surface area contributed by atoms with E-state index in [0.29, 0.717) is 0 Å². The average Bonchev–Trinajstić information content (AvgIpc) is 2.55. The van der Waals surface area contributed by atoms with E-state index in [2.05, 4.69) is 10.3 Å². The topological polar surface area (TPSA) is 79.0 Å². The van der Waals surface area contributed by atoms with Gasteiger partial charge in [0.2, 0.25) is 0 Å². The molecule has 0 aliphatic carbocycles. The summed E-state index contributed by atoms with van der Waals surface area (Å²) in [6, 6.07) is 4.83. The Bertz CT molecular complexity index is 1030. The van der Waals surface area contributed by atoms with Crippen LogP contribution in [-0.4, -0.2) is 31.1 Å². The molecule has 2 aromatic rings. The van der Waals surface area contributed by atoms with E-state index in [4.69, 9.17) is 11.6 Å². The van der Waals surface area contributed by atoms with Crippen LogP contribution in [0.15, 0.2) is 35.3 Å². The molecule has 1 aliphatic rings. The smallest absolute Gasteiger partial charge is 0.351 e. The number of pyridine rings is 1. The number of hydrogen-bond donors (Lipinski definition) is 2. The van der Waals surface area contributed by atoms with Crippen molar-refractivity contribution in [3.05, 3.63) is 57.0 Å². The predicted molar refractivity (Wildman–Crippen MR) is 93.0 cm³/mol. The molecule has 0 spiro atoms. The summed E-state index contributed by atoms with van der Waals surface area (Å²) in [6.45, 7) is 1.28. The van der Waals surface area contributed by atoms with Gasteiger partial charge in [0.05, 0.1) is 5.75 Å². The molecule has 0 amide bonds. The molecule has 26 heavy (non-hydrogen) atoms. The van der Waals surface area contributed by atoms with Crippen molar-refractivity contribution in [2.45, 2.75) is 18.5 Å². The minimum Gasteiger partial charge on any atom is -0.351 e. The first kappa shape index (κ1) is 18.8. The molecule has 0 saturated heterocycles. The molecule has 2 N–H and O–H groups in total. The molecule has 1 aliphatic heterocycles. The first-order valence-electron chi connectivity index (χ1n) is 7.58. The van der Waals surface area contributed by atoms with E-state index in [1.807, 2.05) is 0 Å².